The number of oxazole rings is 1. The number of nitrogens with two attached hydrogens (primary N) is 1. The number of aromatic nitrogens is 4. The predicted octanol–water partition coefficient (Wildman–Crippen LogP) is -0.0759. The number of likely N-dealkylation sites (tertiary alicyclic amines) is 1. The molecule has 1 fully saturated rings. The van der Waals surface area contributed by atoms with Gasteiger partial charge in [0.25, 0.3) is 5.91 Å². The summed E-state index contributed by atoms with van der Waals surface area (Å²) in [6, 6.07) is 6.28. The van der Waals surface area contributed by atoms with Gasteiger partial charge in [-0.2, -0.15) is 0 Å². The lowest BCUT2D eigenvalue weighted by Gasteiger charge is -2.24. The highest BCUT2D eigenvalue weighted by Crippen LogP contribution is 2.23. The van der Waals surface area contributed by atoms with E-state index in [1.807, 2.05) is 0 Å². The molecule has 146 valence electrons. The largest absolute Gasteiger partial charge is 0.420 e. The summed E-state index contributed by atoms with van der Waals surface area (Å²) >= 11 is 0. The first kappa shape index (κ1) is 17.9. The van der Waals surface area contributed by atoms with Crippen molar-refractivity contribution in [2.24, 2.45) is 5.73 Å². The molecule has 0 radical (unpaired) electrons. The number of para-hydroxylation sites is 2. The van der Waals surface area contributed by atoms with E-state index >= 15 is 0 Å². The minimum absolute atomic E-state index is 0.0101. The standard InChI is InChI=1S/C17H17FN6O4/c18-10-5-11(7-22-8-12(16(19)26)20-21-22)23(6-10)15(25)9-24-13-3-1-2-4-14(13)28-17(24)27/h1-4,8,10-11H,5-7,9H2,(H2,19,26). The Balaban J connectivity index is 1.53. The van der Waals surface area contributed by atoms with Gasteiger partial charge >= 0.3 is 5.76 Å². The Morgan fingerprint density at radius 2 is 2.11 bits per heavy atom. The third kappa shape index (κ3) is 3.26. The van der Waals surface area contributed by atoms with Crippen LogP contribution in [0.1, 0.15) is 16.9 Å². The second kappa shape index (κ2) is 6.91. The number of fused-ring (bicyclic) bond motifs is 1. The molecular weight excluding hydrogens is 371 g/mol. The average Bonchev–Trinajstić information content (AvgIpc) is 3.34. The van der Waals surface area contributed by atoms with E-state index in [0.29, 0.717) is 11.1 Å². The molecule has 4 rings (SSSR count). The summed E-state index contributed by atoms with van der Waals surface area (Å²) in [5.41, 5.74) is 6.01. The molecule has 2 N–H and O–H groups in total. The van der Waals surface area contributed by atoms with Crippen LogP contribution in [-0.2, 0) is 17.9 Å². The first-order chi connectivity index (χ1) is 13.4. The lowest BCUT2D eigenvalue weighted by atomic mass is 10.2. The molecule has 28 heavy (non-hydrogen) atoms. The van der Waals surface area contributed by atoms with Gasteiger partial charge in [0.15, 0.2) is 11.3 Å². The number of carbonyl (C=O) groups excluding carboxylic acids is 2. The van der Waals surface area contributed by atoms with Gasteiger partial charge in [-0.1, -0.05) is 17.3 Å². The molecule has 1 aromatic carbocycles. The van der Waals surface area contributed by atoms with Crippen molar-refractivity contribution >= 4 is 22.9 Å². The van der Waals surface area contributed by atoms with Crippen LogP contribution in [0.2, 0.25) is 0 Å². The zero-order valence-electron chi connectivity index (χ0n) is 14.7. The molecule has 2 aromatic heterocycles. The molecule has 2 unspecified atom stereocenters. The monoisotopic (exact) mass is 388 g/mol. The van der Waals surface area contributed by atoms with Gasteiger partial charge in [0, 0.05) is 6.42 Å². The van der Waals surface area contributed by atoms with Gasteiger partial charge in [0.2, 0.25) is 5.91 Å². The van der Waals surface area contributed by atoms with Crippen LogP contribution in [0.15, 0.2) is 39.7 Å². The van der Waals surface area contributed by atoms with Gasteiger partial charge in [-0.05, 0) is 12.1 Å². The fourth-order valence-corrected chi connectivity index (χ4v) is 3.44. The summed E-state index contributed by atoms with van der Waals surface area (Å²) < 4.78 is 21.7. The van der Waals surface area contributed by atoms with Crippen molar-refractivity contribution in [3.05, 3.63) is 46.7 Å². The molecule has 1 aliphatic rings. The summed E-state index contributed by atoms with van der Waals surface area (Å²) in [4.78, 5) is 37.4. The molecule has 1 aliphatic heterocycles. The lowest BCUT2D eigenvalue weighted by Crippen LogP contribution is -2.41. The van der Waals surface area contributed by atoms with E-state index in [1.54, 1.807) is 24.3 Å². The Morgan fingerprint density at radius 3 is 2.86 bits per heavy atom. The van der Waals surface area contributed by atoms with Crippen molar-refractivity contribution < 1.29 is 18.4 Å². The zero-order chi connectivity index (χ0) is 19.8. The van der Waals surface area contributed by atoms with E-state index in [2.05, 4.69) is 10.3 Å². The Labute approximate surface area is 157 Å². The van der Waals surface area contributed by atoms with Gasteiger partial charge in [0.1, 0.15) is 12.7 Å². The maximum atomic E-state index is 14.0. The van der Waals surface area contributed by atoms with Crippen molar-refractivity contribution in [1.82, 2.24) is 24.5 Å². The van der Waals surface area contributed by atoms with Crippen molar-refractivity contribution in [2.45, 2.75) is 31.7 Å². The molecule has 2 atom stereocenters. The van der Waals surface area contributed by atoms with E-state index in [0.717, 1.165) is 0 Å². The molecule has 3 heterocycles. The Kier molecular flexibility index (Phi) is 4.41. The number of amides is 2. The van der Waals surface area contributed by atoms with Crippen LogP contribution in [-0.4, -0.2) is 55.0 Å². The lowest BCUT2D eigenvalue weighted by molar-refractivity contribution is -0.133. The smallest absolute Gasteiger partial charge is 0.408 e. The number of carbonyl (C=O) groups is 2. The third-order valence-corrected chi connectivity index (χ3v) is 4.74. The van der Waals surface area contributed by atoms with Crippen LogP contribution < -0.4 is 11.5 Å². The summed E-state index contributed by atoms with van der Waals surface area (Å²) in [6.07, 6.45) is 0.286. The third-order valence-electron chi connectivity index (χ3n) is 4.74. The zero-order valence-corrected chi connectivity index (χ0v) is 14.7. The molecule has 0 spiro atoms. The van der Waals surface area contributed by atoms with E-state index in [4.69, 9.17) is 10.2 Å². The summed E-state index contributed by atoms with van der Waals surface area (Å²) in [5, 5.41) is 7.42. The fraction of sp³-hybridized carbons (Fsp3) is 0.353. The average molecular weight is 388 g/mol. The summed E-state index contributed by atoms with van der Waals surface area (Å²) in [7, 11) is 0. The number of hydrogen-bond acceptors (Lipinski definition) is 6. The van der Waals surface area contributed by atoms with Crippen LogP contribution in [0, 0.1) is 0 Å². The Hall–Kier alpha value is -3.50. The first-order valence-corrected chi connectivity index (χ1v) is 8.64. The predicted molar refractivity (Wildman–Crippen MR) is 94.0 cm³/mol. The SMILES string of the molecule is NC(=O)c1cn(CC2CC(F)CN2C(=O)Cn2c(=O)oc3ccccc32)nn1. The second-order valence-electron chi connectivity index (χ2n) is 6.64. The number of benzene rings is 1. The first-order valence-electron chi connectivity index (χ1n) is 8.64. The van der Waals surface area contributed by atoms with Gasteiger partial charge in [-0.15, -0.1) is 5.10 Å². The number of alkyl halides is 1. The van der Waals surface area contributed by atoms with Crippen LogP contribution in [0.3, 0.4) is 0 Å². The molecule has 2 amide bonds. The maximum absolute atomic E-state index is 14.0. The topological polar surface area (TPSA) is 129 Å². The van der Waals surface area contributed by atoms with E-state index in [1.165, 1.54) is 20.3 Å². The fourth-order valence-electron chi connectivity index (χ4n) is 3.44. The molecule has 11 heteroatoms. The highest BCUT2D eigenvalue weighted by Gasteiger charge is 2.36. The quantitative estimate of drug-likeness (QED) is 0.651. The van der Waals surface area contributed by atoms with Gasteiger partial charge in [0.05, 0.1) is 30.8 Å². The summed E-state index contributed by atoms with van der Waals surface area (Å²) in [6.45, 7) is -0.179. The van der Waals surface area contributed by atoms with Crippen molar-refractivity contribution in [1.29, 1.82) is 0 Å². The van der Waals surface area contributed by atoms with Crippen LogP contribution in [0.25, 0.3) is 11.1 Å². The number of hydrogen-bond donors (Lipinski definition) is 1. The molecule has 1 saturated heterocycles. The van der Waals surface area contributed by atoms with Crippen molar-refractivity contribution in [3.63, 3.8) is 0 Å². The number of rotatable bonds is 5. The molecular formula is C17H17FN6O4. The van der Waals surface area contributed by atoms with E-state index in [9.17, 15) is 18.8 Å². The Bertz CT molecular complexity index is 1100. The van der Waals surface area contributed by atoms with Crippen molar-refractivity contribution in [2.75, 3.05) is 6.54 Å². The maximum Gasteiger partial charge on any atom is 0.420 e. The van der Waals surface area contributed by atoms with Crippen LogP contribution in [0.4, 0.5) is 4.39 Å². The second-order valence-corrected chi connectivity index (χ2v) is 6.64. The van der Waals surface area contributed by atoms with Crippen molar-refractivity contribution in [3.8, 4) is 0 Å². The van der Waals surface area contributed by atoms with Gasteiger partial charge in [-0.25, -0.2) is 13.9 Å². The Morgan fingerprint density at radius 1 is 1.32 bits per heavy atom. The van der Waals surface area contributed by atoms with Crippen LogP contribution in [0.5, 0.6) is 0 Å². The van der Waals surface area contributed by atoms with Gasteiger partial charge in [-0.3, -0.25) is 14.2 Å². The minimum atomic E-state index is -1.19. The van der Waals surface area contributed by atoms with E-state index < -0.39 is 29.8 Å². The summed E-state index contributed by atoms with van der Waals surface area (Å²) in [5.74, 6) is -1.78. The minimum Gasteiger partial charge on any atom is -0.408 e. The molecule has 0 bridgehead atoms. The molecule has 0 saturated carbocycles. The normalized spacial score (nSPS) is 19.4. The highest BCUT2D eigenvalue weighted by molar-refractivity contribution is 5.90. The number of primary amides is 1. The number of nitrogens with zero attached hydrogens (tertiary/aromatic N) is 5. The van der Waals surface area contributed by atoms with Crippen LogP contribution >= 0.6 is 0 Å². The van der Waals surface area contributed by atoms with E-state index in [-0.39, 0.29) is 31.7 Å². The molecule has 10 nitrogen and oxygen atoms in total. The number of halogens is 1. The molecule has 3 aromatic rings. The highest BCUT2D eigenvalue weighted by atomic mass is 19.1. The molecule has 0 aliphatic carbocycles. The van der Waals surface area contributed by atoms with Gasteiger partial charge < -0.3 is 15.1 Å².